The van der Waals surface area contributed by atoms with Crippen molar-refractivity contribution in [2.45, 2.75) is 25.8 Å². The van der Waals surface area contributed by atoms with Crippen LogP contribution in [0.4, 0.5) is 0 Å². The van der Waals surface area contributed by atoms with Gasteiger partial charge in [-0.05, 0) is 55.5 Å². The molecule has 1 aromatic carbocycles. The number of hydrogen-bond acceptors (Lipinski definition) is 1. The molecule has 0 bridgehead atoms. The SMILES string of the molecule is Clc1ccc(Cl)c(CNCC2CC=CCC2)c1. The third kappa shape index (κ3) is 4.02. The smallest absolute Gasteiger partial charge is 0.0451 e. The van der Waals surface area contributed by atoms with Crippen LogP contribution in [0.3, 0.4) is 0 Å². The molecule has 0 aliphatic heterocycles. The minimum absolute atomic E-state index is 0.742. The molecule has 0 radical (unpaired) electrons. The number of hydrogen-bond donors (Lipinski definition) is 1. The zero-order valence-electron chi connectivity index (χ0n) is 9.76. The van der Waals surface area contributed by atoms with Crippen molar-refractivity contribution in [3.63, 3.8) is 0 Å². The van der Waals surface area contributed by atoms with Crippen molar-refractivity contribution in [3.05, 3.63) is 46.0 Å². The number of nitrogens with one attached hydrogen (secondary N) is 1. The summed E-state index contributed by atoms with van der Waals surface area (Å²) >= 11 is 12.1. The van der Waals surface area contributed by atoms with Gasteiger partial charge in [0.15, 0.2) is 0 Å². The summed E-state index contributed by atoms with van der Waals surface area (Å²) in [6, 6.07) is 5.60. The summed E-state index contributed by atoms with van der Waals surface area (Å²) in [6.45, 7) is 1.84. The molecule has 1 aliphatic carbocycles. The number of allylic oxidation sites excluding steroid dienone is 2. The Kier molecular flexibility index (Phi) is 4.90. The molecule has 1 unspecified atom stereocenters. The van der Waals surface area contributed by atoms with Crippen LogP contribution >= 0.6 is 23.2 Å². The molecule has 0 amide bonds. The van der Waals surface area contributed by atoms with Gasteiger partial charge in [-0.25, -0.2) is 0 Å². The molecule has 1 N–H and O–H groups in total. The van der Waals surface area contributed by atoms with Gasteiger partial charge >= 0.3 is 0 Å². The molecule has 2 rings (SSSR count). The fourth-order valence-electron chi connectivity index (χ4n) is 2.13. The van der Waals surface area contributed by atoms with Crippen LogP contribution in [-0.2, 0) is 6.54 Å². The molecule has 0 spiro atoms. The predicted octanol–water partition coefficient (Wildman–Crippen LogP) is 4.44. The molecule has 3 heteroatoms. The van der Waals surface area contributed by atoms with Gasteiger partial charge in [0, 0.05) is 16.6 Å². The van der Waals surface area contributed by atoms with Crippen LogP contribution < -0.4 is 5.32 Å². The molecule has 0 aromatic heterocycles. The summed E-state index contributed by atoms with van der Waals surface area (Å²) in [5.41, 5.74) is 1.07. The van der Waals surface area contributed by atoms with E-state index < -0.39 is 0 Å². The van der Waals surface area contributed by atoms with E-state index in [0.717, 1.165) is 34.6 Å². The zero-order chi connectivity index (χ0) is 12.1. The summed E-state index contributed by atoms with van der Waals surface area (Å²) in [4.78, 5) is 0. The van der Waals surface area contributed by atoms with Crippen molar-refractivity contribution >= 4 is 23.2 Å². The second kappa shape index (κ2) is 6.44. The van der Waals surface area contributed by atoms with E-state index in [1.807, 2.05) is 18.2 Å². The fourth-order valence-corrected chi connectivity index (χ4v) is 2.51. The van der Waals surface area contributed by atoms with Gasteiger partial charge in [-0.3, -0.25) is 0 Å². The lowest BCUT2D eigenvalue weighted by atomic mass is 9.94. The molecule has 0 fully saturated rings. The van der Waals surface area contributed by atoms with E-state index in [4.69, 9.17) is 23.2 Å². The van der Waals surface area contributed by atoms with Gasteiger partial charge in [0.05, 0.1) is 0 Å². The molecule has 92 valence electrons. The maximum Gasteiger partial charge on any atom is 0.0451 e. The standard InChI is InChI=1S/C14H17Cl2N/c15-13-6-7-14(16)12(8-13)10-17-9-11-4-2-1-3-5-11/h1-2,6-8,11,17H,3-5,9-10H2. The molecule has 17 heavy (non-hydrogen) atoms. The van der Waals surface area contributed by atoms with Gasteiger partial charge in [0.25, 0.3) is 0 Å². The molecule has 1 aliphatic rings. The third-order valence-corrected chi connectivity index (χ3v) is 3.74. The minimum atomic E-state index is 0.742. The average molecular weight is 270 g/mol. The van der Waals surface area contributed by atoms with Gasteiger partial charge < -0.3 is 5.32 Å². The van der Waals surface area contributed by atoms with Crippen molar-refractivity contribution < 1.29 is 0 Å². The second-order valence-electron chi connectivity index (χ2n) is 4.52. The van der Waals surface area contributed by atoms with Crippen molar-refractivity contribution in [1.29, 1.82) is 0 Å². The maximum absolute atomic E-state index is 6.11. The zero-order valence-corrected chi connectivity index (χ0v) is 11.3. The van der Waals surface area contributed by atoms with Crippen LogP contribution in [0.1, 0.15) is 24.8 Å². The molecule has 1 aromatic rings. The molecular weight excluding hydrogens is 253 g/mol. The topological polar surface area (TPSA) is 12.0 Å². The van der Waals surface area contributed by atoms with Gasteiger partial charge in [0.1, 0.15) is 0 Å². The first-order chi connectivity index (χ1) is 8.25. The van der Waals surface area contributed by atoms with Crippen LogP contribution in [0.15, 0.2) is 30.4 Å². The van der Waals surface area contributed by atoms with E-state index in [0.29, 0.717) is 0 Å². The maximum atomic E-state index is 6.11. The first-order valence-corrected chi connectivity index (χ1v) is 6.81. The van der Waals surface area contributed by atoms with E-state index in [2.05, 4.69) is 17.5 Å². The molecular formula is C14H17Cl2N. The molecule has 1 atom stereocenters. The summed E-state index contributed by atoms with van der Waals surface area (Å²) in [5, 5.41) is 4.99. The number of halogens is 2. The normalized spacial score (nSPS) is 19.5. The Morgan fingerprint density at radius 1 is 1.24 bits per heavy atom. The Hall–Kier alpha value is -0.500. The number of rotatable bonds is 4. The van der Waals surface area contributed by atoms with Crippen LogP contribution in [0.5, 0.6) is 0 Å². The minimum Gasteiger partial charge on any atom is -0.312 e. The first-order valence-electron chi connectivity index (χ1n) is 6.05. The van der Waals surface area contributed by atoms with Crippen LogP contribution in [0.25, 0.3) is 0 Å². The predicted molar refractivity (Wildman–Crippen MR) is 74.6 cm³/mol. The highest BCUT2D eigenvalue weighted by Crippen LogP contribution is 2.21. The monoisotopic (exact) mass is 269 g/mol. The highest BCUT2D eigenvalue weighted by molar-refractivity contribution is 6.33. The quantitative estimate of drug-likeness (QED) is 0.797. The summed E-state index contributed by atoms with van der Waals surface area (Å²) in [5.74, 6) is 0.762. The highest BCUT2D eigenvalue weighted by atomic mass is 35.5. The average Bonchev–Trinajstić information content (AvgIpc) is 2.35. The summed E-state index contributed by atoms with van der Waals surface area (Å²) in [6.07, 6.45) is 8.24. The van der Waals surface area contributed by atoms with Gasteiger partial charge in [0.2, 0.25) is 0 Å². The van der Waals surface area contributed by atoms with Gasteiger partial charge in [-0.15, -0.1) is 0 Å². The summed E-state index contributed by atoms with van der Waals surface area (Å²) in [7, 11) is 0. The Balaban J connectivity index is 1.81. The molecule has 1 nitrogen and oxygen atoms in total. The molecule has 0 heterocycles. The van der Waals surface area contributed by atoms with E-state index in [1.165, 1.54) is 19.3 Å². The fraction of sp³-hybridized carbons (Fsp3) is 0.429. The highest BCUT2D eigenvalue weighted by Gasteiger charge is 2.09. The second-order valence-corrected chi connectivity index (χ2v) is 5.36. The Morgan fingerprint density at radius 3 is 2.88 bits per heavy atom. The lowest BCUT2D eigenvalue weighted by Gasteiger charge is -2.18. The van der Waals surface area contributed by atoms with E-state index >= 15 is 0 Å². The van der Waals surface area contributed by atoms with Crippen molar-refractivity contribution in [2.24, 2.45) is 5.92 Å². The van der Waals surface area contributed by atoms with Gasteiger partial charge in [-0.1, -0.05) is 35.4 Å². The third-order valence-electron chi connectivity index (χ3n) is 3.13. The van der Waals surface area contributed by atoms with Crippen LogP contribution in [-0.4, -0.2) is 6.54 Å². The van der Waals surface area contributed by atoms with Gasteiger partial charge in [-0.2, -0.15) is 0 Å². The van der Waals surface area contributed by atoms with E-state index in [-0.39, 0.29) is 0 Å². The van der Waals surface area contributed by atoms with Crippen LogP contribution in [0.2, 0.25) is 10.0 Å². The molecule has 0 saturated heterocycles. The Bertz CT molecular complexity index is 401. The lowest BCUT2D eigenvalue weighted by molar-refractivity contribution is 0.440. The Morgan fingerprint density at radius 2 is 2.12 bits per heavy atom. The number of benzene rings is 1. The van der Waals surface area contributed by atoms with Crippen molar-refractivity contribution in [2.75, 3.05) is 6.54 Å². The first kappa shape index (κ1) is 12.9. The largest absolute Gasteiger partial charge is 0.312 e. The van der Waals surface area contributed by atoms with Crippen molar-refractivity contribution in [3.8, 4) is 0 Å². The molecule has 0 saturated carbocycles. The van der Waals surface area contributed by atoms with E-state index in [1.54, 1.807) is 0 Å². The Labute approximate surface area is 113 Å². The van der Waals surface area contributed by atoms with E-state index in [9.17, 15) is 0 Å². The van der Waals surface area contributed by atoms with Crippen LogP contribution in [0, 0.1) is 5.92 Å². The van der Waals surface area contributed by atoms with Crippen molar-refractivity contribution in [1.82, 2.24) is 5.32 Å². The lowest BCUT2D eigenvalue weighted by Crippen LogP contribution is -2.23. The summed E-state index contributed by atoms with van der Waals surface area (Å²) < 4.78 is 0.